The van der Waals surface area contributed by atoms with Crippen LogP contribution in [0.4, 0.5) is 5.69 Å². The molecule has 3 heterocycles. The summed E-state index contributed by atoms with van der Waals surface area (Å²) < 4.78 is 5.21. The van der Waals surface area contributed by atoms with Crippen molar-refractivity contribution >= 4 is 33.1 Å². The molecular weight excluding hydrogens is 428 g/mol. The van der Waals surface area contributed by atoms with Crippen molar-refractivity contribution in [3.63, 3.8) is 0 Å². The topological polar surface area (TPSA) is 51.9 Å². The highest BCUT2D eigenvalue weighted by Gasteiger charge is 2.20. The number of benzene rings is 2. The van der Waals surface area contributed by atoms with Gasteiger partial charge in [-0.3, -0.25) is 9.48 Å². The normalized spacial score (nSPS) is 11.2. The predicted octanol–water partition coefficient (Wildman–Crippen LogP) is 6.06. The smallest absolute Gasteiger partial charge is 0.272 e. The van der Waals surface area contributed by atoms with Crippen LogP contribution in [-0.2, 0) is 19.5 Å². The van der Waals surface area contributed by atoms with Crippen LogP contribution in [-0.4, -0.2) is 20.3 Å². The lowest BCUT2D eigenvalue weighted by Gasteiger charge is -2.12. The van der Waals surface area contributed by atoms with Gasteiger partial charge in [-0.15, -0.1) is 11.3 Å². The van der Waals surface area contributed by atoms with E-state index in [1.807, 2.05) is 48.9 Å². The lowest BCUT2D eigenvalue weighted by Crippen LogP contribution is -2.18. The fraction of sp³-hybridized carbons (Fsp3) is 0.185. The van der Waals surface area contributed by atoms with E-state index in [4.69, 9.17) is 0 Å². The van der Waals surface area contributed by atoms with E-state index in [2.05, 4.69) is 62.8 Å². The second-order valence-corrected chi connectivity index (χ2v) is 9.18. The first kappa shape index (κ1) is 21.2. The maximum Gasteiger partial charge on any atom is 0.272 e. The number of fused-ring (bicyclic) bond motifs is 1. The number of nitrogens with one attached hydrogen (secondary N) is 1. The van der Waals surface area contributed by atoms with Crippen molar-refractivity contribution in [2.75, 3.05) is 5.32 Å². The number of anilines is 1. The minimum Gasteiger partial charge on any atom is -0.335 e. The molecule has 166 valence electrons. The summed E-state index contributed by atoms with van der Waals surface area (Å²) in [4.78, 5) is 13.4. The van der Waals surface area contributed by atoms with Crippen LogP contribution in [0.15, 0.2) is 78.2 Å². The molecule has 2 aromatic carbocycles. The summed E-state index contributed by atoms with van der Waals surface area (Å²) in [6, 6.07) is 24.7. The first-order valence-electron chi connectivity index (χ1n) is 11.1. The summed E-state index contributed by atoms with van der Waals surface area (Å²) in [5.41, 5.74) is 6.78. The third-order valence-electron chi connectivity index (χ3n) is 6.02. The molecule has 0 spiro atoms. The minimum atomic E-state index is -0.100. The molecule has 0 fully saturated rings. The molecule has 0 atom stereocenters. The number of aromatic nitrogens is 3. The predicted molar refractivity (Wildman–Crippen MR) is 135 cm³/mol. The van der Waals surface area contributed by atoms with Crippen molar-refractivity contribution < 1.29 is 4.79 Å². The van der Waals surface area contributed by atoms with Gasteiger partial charge in [0.05, 0.1) is 33.8 Å². The van der Waals surface area contributed by atoms with Crippen LogP contribution in [0.25, 0.3) is 10.2 Å². The Labute approximate surface area is 197 Å². The third-order valence-corrected chi connectivity index (χ3v) is 6.87. The molecule has 5 aromatic rings. The molecule has 0 radical (unpaired) electrons. The first-order chi connectivity index (χ1) is 16.1. The van der Waals surface area contributed by atoms with Crippen LogP contribution in [0.5, 0.6) is 0 Å². The monoisotopic (exact) mass is 454 g/mol. The van der Waals surface area contributed by atoms with Gasteiger partial charge >= 0.3 is 0 Å². The van der Waals surface area contributed by atoms with E-state index in [9.17, 15) is 4.79 Å². The van der Waals surface area contributed by atoms with Gasteiger partial charge in [-0.05, 0) is 48.9 Å². The van der Waals surface area contributed by atoms with E-state index in [0.717, 1.165) is 40.3 Å². The molecule has 1 N–H and O–H groups in total. The molecule has 0 saturated carbocycles. The van der Waals surface area contributed by atoms with Crippen molar-refractivity contribution in [1.29, 1.82) is 0 Å². The highest BCUT2D eigenvalue weighted by Crippen LogP contribution is 2.27. The highest BCUT2D eigenvalue weighted by atomic mass is 32.1. The van der Waals surface area contributed by atoms with Crippen molar-refractivity contribution in [3.8, 4) is 0 Å². The molecule has 0 aliphatic rings. The maximum absolute atomic E-state index is 13.4. The van der Waals surface area contributed by atoms with Gasteiger partial charge in [-0.25, -0.2) is 0 Å². The molecule has 3 aromatic heterocycles. The molecular formula is C27H26N4OS. The van der Waals surface area contributed by atoms with Crippen LogP contribution in [0, 0.1) is 13.8 Å². The average molecular weight is 455 g/mol. The number of hydrogen-bond donors (Lipinski definition) is 1. The number of carbonyl (C=O) groups is 1. The molecule has 1 amide bonds. The van der Waals surface area contributed by atoms with Gasteiger partial charge in [-0.2, -0.15) is 5.10 Å². The fourth-order valence-corrected chi connectivity index (χ4v) is 5.08. The molecule has 5 nitrogen and oxygen atoms in total. The number of thiophene rings is 1. The standard InChI is InChI=1S/C27H26N4OS/c1-19-26(20(2)31(29-19)18-22-11-7-4-8-12-22)28-27(32)24-17-25-23(14-16-33-25)30(24)15-13-21-9-5-3-6-10-21/h3-12,14,16-17H,13,15,18H2,1-2H3,(H,28,32). The van der Waals surface area contributed by atoms with Gasteiger partial charge in [0.25, 0.3) is 5.91 Å². The highest BCUT2D eigenvalue weighted by molar-refractivity contribution is 7.17. The maximum atomic E-state index is 13.4. The molecule has 0 aliphatic carbocycles. The van der Waals surface area contributed by atoms with Gasteiger partial charge in [0.15, 0.2) is 0 Å². The Balaban J connectivity index is 1.40. The van der Waals surface area contributed by atoms with Crippen molar-refractivity contribution in [2.24, 2.45) is 0 Å². The molecule has 0 aliphatic heterocycles. The number of hydrogen-bond acceptors (Lipinski definition) is 3. The van der Waals surface area contributed by atoms with E-state index in [-0.39, 0.29) is 5.91 Å². The van der Waals surface area contributed by atoms with Gasteiger partial charge in [0, 0.05) is 6.54 Å². The number of carbonyl (C=O) groups excluding carboxylic acids is 1. The quantitative estimate of drug-likeness (QED) is 0.325. The van der Waals surface area contributed by atoms with Gasteiger partial charge < -0.3 is 9.88 Å². The second-order valence-electron chi connectivity index (χ2n) is 8.23. The van der Waals surface area contributed by atoms with Crippen molar-refractivity contribution in [2.45, 2.75) is 33.4 Å². The summed E-state index contributed by atoms with van der Waals surface area (Å²) >= 11 is 1.66. The lowest BCUT2D eigenvalue weighted by molar-refractivity contribution is 0.101. The van der Waals surface area contributed by atoms with Crippen LogP contribution in [0.2, 0.25) is 0 Å². The molecule has 0 unspecified atom stereocenters. The summed E-state index contributed by atoms with van der Waals surface area (Å²) in [5.74, 6) is -0.100. The molecule has 5 rings (SSSR count). The van der Waals surface area contributed by atoms with E-state index >= 15 is 0 Å². The molecule has 6 heteroatoms. The van der Waals surface area contributed by atoms with Crippen LogP contribution in [0.3, 0.4) is 0 Å². The molecule has 0 bridgehead atoms. The van der Waals surface area contributed by atoms with Gasteiger partial charge in [-0.1, -0.05) is 60.7 Å². The van der Waals surface area contributed by atoms with Gasteiger partial charge in [0.1, 0.15) is 5.69 Å². The zero-order valence-corrected chi connectivity index (χ0v) is 19.6. The summed E-state index contributed by atoms with van der Waals surface area (Å²) in [5, 5.41) is 9.91. The Morgan fingerprint density at radius 3 is 2.39 bits per heavy atom. The summed E-state index contributed by atoms with van der Waals surface area (Å²) in [6.45, 7) is 5.37. The minimum absolute atomic E-state index is 0.100. The van der Waals surface area contributed by atoms with Gasteiger partial charge in [0.2, 0.25) is 0 Å². The van der Waals surface area contributed by atoms with Crippen LogP contribution >= 0.6 is 11.3 Å². The molecule has 0 saturated heterocycles. The summed E-state index contributed by atoms with van der Waals surface area (Å²) in [7, 11) is 0. The van der Waals surface area contributed by atoms with E-state index in [0.29, 0.717) is 12.2 Å². The Kier molecular flexibility index (Phi) is 5.84. The number of rotatable bonds is 7. The second kappa shape index (κ2) is 9.08. The first-order valence-corrected chi connectivity index (χ1v) is 12.0. The number of aryl methyl sites for hydroxylation is 3. The summed E-state index contributed by atoms with van der Waals surface area (Å²) in [6.07, 6.45) is 0.869. The zero-order valence-electron chi connectivity index (χ0n) is 18.8. The van der Waals surface area contributed by atoms with Crippen LogP contribution in [0.1, 0.15) is 33.0 Å². The lowest BCUT2D eigenvalue weighted by atomic mass is 10.1. The number of amides is 1. The Bertz CT molecular complexity index is 1400. The van der Waals surface area contributed by atoms with Crippen LogP contribution < -0.4 is 5.32 Å². The molecule has 33 heavy (non-hydrogen) atoms. The largest absolute Gasteiger partial charge is 0.335 e. The van der Waals surface area contributed by atoms with E-state index in [1.54, 1.807) is 11.3 Å². The Hall–Kier alpha value is -3.64. The Morgan fingerprint density at radius 2 is 1.67 bits per heavy atom. The van der Waals surface area contributed by atoms with E-state index in [1.165, 1.54) is 11.1 Å². The zero-order chi connectivity index (χ0) is 22.8. The average Bonchev–Trinajstić information content (AvgIpc) is 3.49. The third kappa shape index (κ3) is 4.34. The van der Waals surface area contributed by atoms with E-state index < -0.39 is 0 Å². The Morgan fingerprint density at radius 1 is 0.970 bits per heavy atom. The SMILES string of the molecule is Cc1nn(Cc2ccccc2)c(C)c1NC(=O)c1cc2sccc2n1CCc1ccccc1. The fourth-order valence-electron chi connectivity index (χ4n) is 4.26. The number of nitrogens with zero attached hydrogens (tertiary/aromatic N) is 3. The van der Waals surface area contributed by atoms with Crippen molar-refractivity contribution in [1.82, 2.24) is 14.3 Å². The van der Waals surface area contributed by atoms with Crippen molar-refractivity contribution in [3.05, 3.63) is 106 Å².